The number of anilines is 2. The van der Waals surface area contributed by atoms with E-state index in [1.54, 1.807) is 0 Å². The van der Waals surface area contributed by atoms with Crippen molar-refractivity contribution in [3.63, 3.8) is 0 Å². The number of aryl methyl sites for hydroxylation is 2. The van der Waals surface area contributed by atoms with E-state index < -0.39 is 0 Å². The topological polar surface area (TPSA) is 86.2 Å². The highest BCUT2D eigenvalue weighted by atomic mass is 16.5. The van der Waals surface area contributed by atoms with E-state index in [0.29, 0.717) is 31.9 Å². The molecule has 9 heteroatoms. The van der Waals surface area contributed by atoms with E-state index in [1.165, 1.54) is 5.56 Å². The molecule has 9 nitrogen and oxygen atoms in total. The maximum Gasteiger partial charge on any atom is 0.222 e. The predicted octanol–water partition coefficient (Wildman–Crippen LogP) is 2.42. The fourth-order valence-electron chi connectivity index (χ4n) is 4.28. The molecule has 1 aromatic carbocycles. The quantitative estimate of drug-likeness (QED) is 0.437. The number of amides is 1. The van der Waals surface area contributed by atoms with E-state index in [-0.39, 0.29) is 5.91 Å². The van der Waals surface area contributed by atoms with Gasteiger partial charge < -0.3 is 19.4 Å². The van der Waals surface area contributed by atoms with Gasteiger partial charge in [-0.1, -0.05) is 31.2 Å². The molecule has 0 atom stereocenters. The highest BCUT2D eigenvalue weighted by Gasteiger charge is 2.19. The van der Waals surface area contributed by atoms with E-state index >= 15 is 0 Å². The molecule has 0 spiro atoms. The number of hydrogen-bond donors (Lipinski definition) is 1. The van der Waals surface area contributed by atoms with Crippen molar-refractivity contribution in [2.45, 2.75) is 32.6 Å². The zero-order chi connectivity index (χ0) is 24.5. The van der Waals surface area contributed by atoms with Gasteiger partial charge in [0.05, 0.1) is 19.4 Å². The normalized spacial score (nSPS) is 17.2. The first-order valence-electron chi connectivity index (χ1n) is 12.7. The van der Waals surface area contributed by atoms with Crippen LogP contribution in [-0.4, -0.2) is 91.4 Å². The Bertz CT molecular complexity index is 999. The van der Waals surface area contributed by atoms with Gasteiger partial charge in [-0.3, -0.25) is 10.2 Å². The summed E-state index contributed by atoms with van der Waals surface area (Å²) in [5.74, 6) is 2.48. The Morgan fingerprint density at radius 1 is 1.11 bits per heavy atom. The molecule has 0 unspecified atom stereocenters. The molecule has 3 heterocycles. The summed E-state index contributed by atoms with van der Waals surface area (Å²) in [4.78, 5) is 28.5. The highest BCUT2D eigenvalue weighted by molar-refractivity contribution is 5.80. The second kappa shape index (κ2) is 12.6. The summed E-state index contributed by atoms with van der Waals surface area (Å²) < 4.78 is 5.50. The minimum absolute atomic E-state index is 0.222. The highest BCUT2D eigenvalue weighted by Crippen LogP contribution is 2.19. The Balaban J connectivity index is 1.40. The molecule has 1 amide bonds. The minimum atomic E-state index is 0.222. The third kappa shape index (κ3) is 7.47. The molecule has 1 N–H and O–H groups in total. The van der Waals surface area contributed by atoms with Crippen molar-refractivity contribution in [3.8, 4) is 0 Å². The van der Waals surface area contributed by atoms with Gasteiger partial charge in [0.2, 0.25) is 5.91 Å². The number of carbonyl (C=O) groups excluding carboxylic acids is 1. The van der Waals surface area contributed by atoms with E-state index in [1.807, 2.05) is 29.3 Å². The largest absolute Gasteiger partial charge is 0.378 e. The second-order valence-electron chi connectivity index (χ2n) is 9.13. The summed E-state index contributed by atoms with van der Waals surface area (Å²) in [5.41, 5.74) is 5.41. The SMILES string of the molecule is CCc1cccc(C=NNc2cc(N3CCOCC3)nc(CCCC(=O)N3CCN(C)CC3)n2)c1. The summed E-state index contributed by atoms with van der Waals surface area (Å²) in [6.07, 6.45) is 4.69. The minimum Gasteiger partial charge on any atom is -0.378 e. The fraction of sp³-hybridized carbons (Fsp3) is 0.538. The molecule has 2 fully saturated rings. The van der Waals surface area contributed by atoms with Crippen LogP contribution in [0.15, 0.2) is 35.4 Å². The molecule has 0 aliphatic carbocycles. The van der Waals surface area contributed by atoms with Gasteiger partial charge in [0.15, 0.2) is 5.82 Å². The van der Waals surface area contributed by atoms with Crippen LogP contribution in [0.1, 0.15) is 36.7 Å². The number of likely N-dealkylation sites (N-methyl/N-ethyl adjacent to an activating group) is 1. The number of hydrogen-bond acceptors (Lipinski definition) is 8. The Kier molecular flexibility index (Phi) is 9.02. The summed E-state index contributed by atoms with van der Waals surface area (Å²) >= 11 is 0. The van der Waals surface area contributed by atoms with Gasteiger partial charge in [-0.15, -0.1) is 0 Å². The Hall–Kier alpha value is -3.04. The first-order valence-corrected chi connectivity index (χ1v) is 12.7. The van der Waals surface area contributed by atoms with Crippen LogP contribution in [0.3, 0.4) is 0 Å². The van der Waals surface area contributed by atoms with Crippen molar-refractivity contribution in [2.75, 3.05) is 69.9 Å². The van der Waals surface area contributed by atoms with Crippen LogP contribution in [0.5, 0.6) is 0 Å². The molecule has 2 saturated heterocycles. The number of ether oxygens (including phenoxy) is 1. The van der Waals surface area contributed by atoms with E-state index in [9.17, 15) is 4.79 Å². The number of nitrogens with zero attached hydrogens (tertiary/aromatic N) is 6. The lowest BCUT2D eigenvalue weighted by molar-refractivity contribution is -0.132. The first-order chi connectivity index (χ1) is 17.1. The van der Waals surface area contributed by atoms with Crippen LogP contribution in [-0.2, 0) is 22.4 Å². The first kappa shape index (κ1) is 25.1. The van der Waals surface area contributed by atoms with Crippen LogP contribution in [0.25, 0.3) is 0 Å². The van der Waals surface area contributed by atoms with Crippen LogP contribution in [0, 0.1) is 0 Å². The fourth-order valence-corrected chi connectivity index (χ4v) is 4.28. The van der Waals surface area contributed by atoms with Crippen molar-refractivity contribution < 1.29 is 9.53 Å². The second-order valence-corrected chi connectivity index (χ2v) is 9.13. The van der Waals surface area contributed by atoms with Gasteiger partial charge in [0, 0.05) is 58.2 Å². The lowest BCUT2D eigenvalue weighted by atomic mass is 10.1. The number of hydrazone groups is 1. The van der Waals surface area contributed by atoms with Crippen molar-refractivity contribution in [3.05, 3.63) is 47.3 Å². The van der Waals surface area contributed by atoms with Crippen LogP contribution in [0.2, 0.25) is 0 Å². The van der Waals surface area contributed by atoms with Crippen molar-refractivity contribution in [1.82, 2.24) is 19.8 Å². The average molecular weight is 480 g/mol. The maximum atomic E-state index is 12.6. The maximum absolute atomic E-state index is 12.6. The van der Waals surface area contributed by atoms with E-state index in [0.717, 1.165) is 69.3 Å². The number of rotatable bonds is 9. The van der Waals surface area contributed by atoms with Crippen molar-refractivity contribution in [1.29, 1.82) is 0 Å². The Labute approximate surface area is 208 Å². The number of carbonyl (C=O) groups is 1. The third-order valence-corrected chi connectivity index (χ3v) is 6.49. The van der Waals surface area contributed by atoms with Gasteiger partial charge >= 0.3 is 0 Å². The van der Waals surface area contributed by atoms with Gasteiger partial charge in [0.1, 0.15) is 11.6 Å². The molecule has 35 heavy (non-hydrogen) atoms. The summed E-state index contributed by atoms with van der Waals surface area (Å²) in [5, 5.41) is 4.42. The monoisotopic (exact) mass is 479 g/mol. The molecule has 2 aliphatic heterocycles. The molecule has 2 aliphatic rings. The molecule has 188 valence electrons. The molecule has 0 bridgehead atoms. The van der Waals surface area contributed by atoms with Crippen molar-refractivity contribution in [2.24, 2.45) is 5.10 Å². The van der Waals surface area contributed by atoms with Crippen molar-refractivity contribution >= 4 is 23.8 Å². The predicted molar refractivity (Wildman–Crippen MR) is 139 cm³/mol. The van der Waals surface area contributed by atoms with Gasteiger partial charge in [-0.2, -0.15) is 5.10 Å². The summed E-state index contributed by atoms with van der Waals surface area (Å²) in [6.45, 7) is 8.61. The zero-order valence-electron chi connectivity index (χ0n) is 20.9. The van der Waals surface area contributed by atoms with Gasteiger partial charge in [-0.05, 0) is 31.0 Å². The molecule has 1 aromatic heterocycles. The summed E-state index contributed by atoms with van der Waals surface area (Å²) in [6, 6.07) is 10.3. The Morgan fingerprint density at radius 3 is 2.69 bits per heavy atom. The van der Waals surface area contributed by atoms with E-state index in [2.05, 4.69) is 51.4 Å². The van der Waals surface area contributed by atoms with Gasteiger partial charge in [-0.25, -0.2) is 9.97 Å². The smallest absolute Gasteiger partial charge is 0.222 e. The number of nitrogens with one attached hydrogen (secondary N) is 1. The van der Waals surface area contributed by atoms with Gasteiger partial charge in [0.25, 0.3) is 0 Å². The van der Waals surface area contributed by atoms with Crippen LogP contribution in [0.4, 0.5) is 11.6 Å². The third-order valence-electron chi connectivity index (χ3n) is 6.49. The average Bonchev–Trinajstić information content (AvgIpc) is 2.89. The lowest BCUT2D eigenvalue weighted by Gasteiger charge is -2.32. The van der Waals surface area contributed by atoms with Crippen LogP contribution < -0.4 is 10.3 Å². The molecular formula is C26H37N7O2. The van der Waals surface area contributed by atoms with E-state index in [4.69, 9.17) is 9.72 Å². The van der Waals surface area contributed by atoms with Crippen LogP contribution >= 0.6 is 0 Å². The standard InChI is InChI=1S/C26H37N7O2/c1-3-21-6-4-7-22(18-21)20-27-30-24-19-25(32-14-16-35-17-15-32)29-23(28-24)8-5-9-26(34)33-12-10-31(2)11-13-33/h4,6-7,18-20H,3,5,8-17H2,1-2H3,(H,28,29,30). The zero-order valence-corrected chi connectivity index (χ0v) is 20.9. The number of piperazine rings is 1. The molecule has 2 aromatic rings. The molecule has 0 saturated carbocycles. The number of aromatic nitrogens is 2. The summed E-state index contributed by atoms with van der Waals surface area (Å²) in [7, 11) is 2.10. The number of morpholine rings is 1. The lowest BCUT2D eigenvalue weighted by Crippen LogP contribution is -2.47. The Morgan fingerprint density at radius 2 is 1.91 bits per heavy atom. The molecule has 0 radical (unpaired) electrons. The molecule has 4 rings (SSSR count). The number of benzene rings is 1. The molecular weight excluding hydrogens is 442 g/mol.